The van der Waals surface area contributed by atoms with Crippen LogP contribution in [0.3, 0.4) is 0 Å². The van der Waals surface area contributed by atoms with Gasteiger partial charge in [-0.05, 0) is 29.8 Å². The Balaban J connectivity index is 2.08. The van der Waals surface area contributed by atoms with Crippen molar-refractivity contribution in [2.75, 3.05) is 5.32 Å². The van der Waals surface area contributed by atoms with E-state index in [-0.39, 0.29) is 18.2 Å². The van der Waals surface area contributed by atoms with Gasteiger partial charge in [-0.3, -0.25) is 4.79 Å². The molecule has 0 radical (unpaired) electrons. The molecule has 0 spiro atoms. The standard InChI is InChI=1S/C16H21N3O2S/c1-11(2)13(20)10-15(21)18-12-6-4-5-7-14(12)22-16-17-8-9-19(16)3/h4-9,11,13,20H,10H2,1-3H3,(H,18,21). The SMILES string of the molecule is CC(C)C(O)CC(=O)Nc1ccccc1Sc1nccn1C. The molecule has 1 heterocycles. The van der Waals surface area contributed by atoms with Crippen molar-refractivity contribution in [1.29, 1.82) is 0 Å². The van der Waals surface area contributed by atoms with Gasteiger partial charge in [-0.15, -0.1) is 0 Å². The van der Waals surface area contributed by atoms with Gasteiger partial charge >= 0.3 is 0 Å². The number of hydrogen-bond acceptors (Lipinski definition) is 4. The molecule has 0 aliphatic heterocycles. The number of anilines is 1. The van der Waals surface area contributed by atoms with Crippen LogP contribution in [0.2, 0.25) is 0 Å². The van der Waals surface area contributed by atoms with Crippen molar-refractivity contribution in [2.24, 2.45) is 13.0 Å². The largest absolute Gasteiger partial charge is 0.392 e. The average molecular weight is 319 g/mol. The Morgan fingerprint density at radius 3 is 2.77 bits per heavy atom. The maximum Gasteiger partial charge on any atom is 0.227 e. The van der Waals surface area contributed by atoms with Crippen molar-refractivity contribution in [2.45, 2.75) is 36.4 Å². The van der Waals surface area contributed by atoms with Gasteiger partial charge in [-0.25, -0.2) is 4.98 Å². The molecule has 2 rings (SSSR count). The Labute approximate surface area is 134 Å². The number of carbonyl (C=O) groups is 1. The number of aromatic nitrogens is 2. The summed E-state index contributed by atoms with van der Waals surface area (Å²) in [7, 11) is 1.93. The molecule has 0 saturated carbocycles. The van der Waals surface area contributed by atoms with Gasteiger partial charge < -0.3 is 15.0 Å². The van der Waals surface area contributed by atoms with Gasteiger partial charge in [0.15, 0.2) is 5.16 Å². The smallest absolute Gasteiger partial charge is 0.227 e. The molecule has 1 amide bonds. The number of amides is 1. The van der Waals surface area contributed by atoms with E-state index in [4.69, 9.17) is 0 Å². The summed E-state index contributed by atoms with van der Waals surface area (Å²) in [5, 5.41) is 13.5. The van der Waals surface area contributed by atoms with Crippen molar-refractivity contribution in [1.82, 2.24) is 9.55 Å². The summed E-state index contributed by atoms with van der Waals surface area (Å²) in [6.45, 7) is 3.78. The van der Waals surface area contributed by atoms with E-state index in [0.717, 1.165) is 15.7 Å². The van der Waals surface area contributed by atoms with Crippen molar-refractivity contribution in [3.8, 4) is 0 Å². The topological polar surface area (TPSA) is 67.2 Å². The average Bonchev–Trinajstić information content (AvgIpc) is 2.86. The molecule has 118 valence electrons. The van der Waals surface area contributed by atoms with Gasteiger partial charge in [0, 0.05) is 24.3 Å². The number of aliphatic hydroxyl groups excluding tert-OH is 1. The van der Waals surface area contributed by atoms with E-state index in [2.05, 4.69) is 10.3 Å². The number of aryl methyl sites for hydroxylation is 1. The molecule has 1 aromatic heterocycles. The van der Waals surface area contributed by atoms with Crippen LogP contribution in [0.5, 0.6) is 0 Å². The second-order valence-electron chi connectivity index (χ2n) is 5.48. The summed E-state index contributed by atoms with van der Waals surface area (Å²) in [5.74, 6) is -0.128. The van der Waals surface area contributed by atoms with Gasteiger partial charge in [-0.2, -0.15) is 0 Å². The monoisotopic (exact) mass is 319 g/mol. The number of para-hydroxylation sites is 1. The molecule has 1 unspecified atom stereocenters. The zero-order chi connectivity index (χ0) is 16.1. The second kappa shape index (κ2) is 7.47. The molecule has 0 bridgehead atoms. The van der Waals surface area contributed by atoms with E-state index in [0.29, 0.717) is 0 Å². The molecule has 22 heavy (non-hydrogen) atoms. The fourth-order valence-corrected chi connectivity index (χ4v) is 2.73. The summed E-state index contributed by atoms with van der Waals surface area (Å²) in [6.07, 6.45) is 3.08. The molecule has 2 aromatic rings. The maximum atomic E-state index is 12.0. The van der Waals surface area contributed by atoms with Crippen LogP contribution < -0.4 is 5.32 Å². The molecule has 6 heteroatoms. The van der Waals surface area contributed by atoms with Crippen LogP contribution in [0.4, 0.5) is 5.69 Å². The van der Waals surface area contributed by atoms with Gasteiger partial charge in [0.1, 0.15) is 0 Å². The predicted molar refractivity (Wildman–Crippen MR) is 87.9 cm³/mol. The summed E-state index contributed by atoms with van der Waals surface area (Å²) >= 11 is 1.49. The van der Waals surface area contributed by atoms with Crippen LogP contribution in [0, 0.1) is 5.92 Å². The van der Waals surface area contributed by atoms with Gasteiger partial charge in [0.2, 0.25) is 5.91 Å². The molecule has 2 N–H and O–H groups in total. The lowest BCUT2D eigenvalue weighted by atomic mass is 10.0. The predicted octanol–water partition coefficient (Wildman–Crippen LogP) is 2.92. The number of nitrogens with one attached hydrogen (secondary N) is 1. The summed E-state index contributed by atoms with van der Waals surface area (Å²) in [5.41, 5.74) is 0.733. The van der Waals surface area contributed by atoms with E-state index < -0.39 is 6.10 Å². The quantitative estimate of drug-likeness (QED) is 0.859. The van der Waals surface area contributed by atoms with Crippen molar-refractivity contribution in [3.63, 3.8) is 0 Å². The van der Waals surface area contributed by atoms with Crippen LogP contribution in [-0.4, -0.2) is 26.7 Å². The summed E-state index contributed by atoms with van der Waals surface area (Å²) in [6, 6.07) is 7.58. The third kappa shape index (κ3) is 4.35. The Morgan fingerprint density at radius 1 is 1.41 bits per heavy atom. The van der Waals surface area contributed by atoms with Gasteiger partial charge in [0.25, 0.3) is 0 Å². The van der Waals surface area contributed by atoms with Crippen molar-refractivity contribution < 1.29 is 9.90 Å². The molecule has 1 aromatic carbocycles. The minimum atomic E-state index is -0.630. The number of aliphatic hydroxyl groups is 1. The minimum absolute atomic E-state index is 0.0583. The molecule has 0 fully saturated rings. The Morgan fingerprint density at radius 2 is 2.14 bits per heavy atom. The van der Waals surface area contributed by atoms with E-state index in [1.807, 2.05) is 55.9 Å². The third-order valence-corrected chi connectivity index (χ3v) is 4.46. The van der Waals surface area contributed by atoms with Crippen LogP contribution >= 0.6 is 11.8 Å². The first kappa shape index (κ1) is 16.6. The second-order valence-corrected chi connectivity index (χ2v) is 6.49. The fourth-order valence-electron chi connectivity index (χ4n) is 1.83. The highest BCUT2D eigenvalue weighted by molar-refractivity contribution is 7.99. The van der Waals surface area contributed by atoms with Crippen LogP contribution in [0.25, 0.3) is 0 Å². The van der Waals surface area contributed by atoms with Crippen LogP contribution in [-0.2, 0) is 11.8 Å². The molecule has 0 aliphatic carbocycles. The molecule has 0 saturated heterocycles. The van der Waals surface area contributed by atoms with Gasteiger partial charge in [0.05, 0.1) is 18.2 Å². The lowest BCUT2D eigenvalue weighted by Crippen LogP contribution is -2.23. The number of nitrogens with zero attached hydrogens (tertiary/aromatic N) is 2. The molecule has 5 nitrogen and oxygen atoms in total. The zero-order valence-electron chi connectivity index (χ0n) is 13.0. The maximum absolute atomic E-state index is 12.0. The Bertz CT molecular complexity index is 640. The van der Waals surface area contributed by atoms with Crippen LogP contribution in [0.15, 0.2) is 46.7 Å². The molecular weight excluding hydrogens is 298 g/mol. The molecular formula is C16H21N3O2S. The number of rotatable bonds is 6. The lowest BCUT2D eigenvalue weighted by molar-refractivity contribution is -0.118. The summed E-state index contributed by atoms with van der Waals surface area (Å²) < 4.78 is 1.92. The van der Waals surface area contributed by atoms with Gasteiger partial charge in [-0.1, -0.05) is 26.0 Å². The number of imidazole rings is 1. The fraction of sp³-hybridized carbons (Fsp3) is 0.375. The number of benzene rings is 1. The zero-order valence-corrected chi connectivity index (χ0v) is 13.8. The van der Waals surface area contributed by atoms with Crippen molar-refractivity contribution >= 4 is 23.4 Å². The lowest BCUT2D eigenvalue weighted by Gasteiger charge is -2.15. The number of hydrogen-bond donors (Lipinski definition) is 2. The molecule has 0 aliphatic rings. The highest BCUT2D eigenvalue weighted by Gasteiger charge is 2.16. The highest BCUT2D eigenvalue weighted by Crippen LogP contribution is 2.32. The number of carbonyl (C=O) groups excluding carboxylic acids is 1. The molecule has 1 atom stereocenters. The van der Waals surface area contributed by atoms with E-state index >= 15 is 0 Å². The normalized spacial score (nSPS) is 12.4. The minimum Gasteiger partial charge on any atom is -0.392 e. The first-order valence-electron chi connectivity index (χ1n) is 7.19. The van der Waals surface area contributed by atoms with E-state index in [1.165, 1.54) is 11.8 Å². The highest BCUT2D eigenvalue weighted by atomic mass is 32.2. The summed E-state index contributed by atoms with van der Waals surface area (Å²) in [4.78, 5) is 17.2. The first-order valence-corrected chi connectivity index (χ1v) is 8.01. The van der Waals surface area contributed by atoms with E-state index in [1.54, 1.807) is 6.20 Å². The van der Waals surface area contributed by atoms with E-state index in [9.17, 15) is 9.90 Å². The van der Waals surface area contributed by atoms with Crippen LogP contribution in [0.1, 0.15) is 20.3 Å². The first-order chi connectivity index (χ1) is 10.5. The third-order valence-electron chi connectivity index (χ3n) is 3.30. The Hall–Kier alpha value is -1.79. The van der Waals surface area contributed by atoms with Crippen molar-refractivity contribution in [3.05, 3.63) is 36.7 Å². The Kier molecular flexibility index (Phi) is 5.63.